The smallest absolute Gasteiger partial charge is 0.481 e. The summed E-state index contributed by atoms with van der Waals surface area (Å²) in [7, 11) is -4.84. The maximum Gasteiger partial charge on any atom is 2.00 e. The molecule has 0 aromatic carbocycles. The van der Waals surface area contributed by atoms with Gasteiger partial charge in [-0.2, -0.15) is 21.3 Å². The minimum Gasteiger partial charge on any atom is -0.481 e. The molecule has 0 amide bonds. The first kappa shape index (κ1) is 44.1. The molecule has 0 fully saturated rings. The Morgan fingerprint density at radius 1 is 0.622 bits per heavy atom. The maximum absolute atomic E-state index is 10.2. The molecule has 0 aromatic rings. The standard InChI is InChI=1S/2C12H25.C4H6O7S.Ca/c2*1-3-5-7-9-11-12-10-8-6-4-2;5-3(6)1-2(4(7)8)12(9,10)11;/h2*1,3-12H2,2H3;2H,1H2,(H,5,6)(H,7,8)(H,9,10,11);/q2*-1;;+2. The van der Waals surface area contributed by atoms with Crippen LogP contribution in [0.5, 0.6) is 0 Å². The van der Waals surface area contributed by atoms with Crippen LogP contribution in [-0.2, 0) is 19.7 Å². The van der Waals surface area contributed by atoms with E-state index >= 15 is 0 Å². The topological polar surface area (TPSA) is 129 Å². The molecule has 9 heteroatoms. The van der Waals surface area contributed by atoms with Crippen molar-refractivity contribution in [2.24, 2.45) is 0 Å². The van der Waals surface area contributed by atoms with E-state index in [4.69, 9.17) is 14.8 Å². The molecule has 0 saturated carbocycles. The van der Waals surface area contributed by atoms with Gasteiger partial charge in [-0.3, -0.25) is 14.1 Å². The van der Waals surface area contributed by atoms with Crippen LogP contribution in [0.1, 0.15) is 149 Å². The molecule has 218 valence electrons. The van der Waals surface area contributed by atoms with E-state index in [2.05, 4.69) is 27.7 Å². The van der Waals surface area contributed by atoms with E-state index in [1.807, 2.05) is 0 Å². The average molecular weight is 577 g/mol. The number of carboxylic acid groups (broad SMARTS) is 2. The van der Waals surface area contributed by atoms with Gasteiger partial charge < -0.3 is 24.1 Å². The molecular weight excluding hydrogens is 520 g/mol. The number of aliphatic carboxylic acids is 2. The molecule has 0 bridgehead atoms. The third-order valence-electron chi connectivity index (χ3n) is 5.70. The van der Waals surface area contributed by atoms with Crippen molar-refractivity contribution in [3.63, 3.8) is 0 Å². The maximum atomic E-state index is 10.2. The predicted octanol–water partition coefficient (Wildman–Crippen LogP) is 7.90. The molecule has 0 aliphatic carbocycles. The van der Waals surface area contributed by atoms with Crippen LogP contribution in [0.15, 0.2) is 0 Å². The Labute approximate surface area is 258 Å². The van der Waals surface area contributed by atoms with Crippen molar-refractivity contribution in [3.8, 4) is 0 Å². The van der Waals surface area contributed by atoms with Gasteiger partial charge in [0.15, 0.2) is 5.25 Å². The fourth-order valence-electron chi connectivity index (χ4n) is 3.45. The molecule has 3 N–H and O–H groups in total. The van der Waals surface area contributed by atoms with E-state index in [1.54, 1.807) is 0 Å². The second-order valence-electron chi connectivity index (χ2n) is 9.30. The molecule has 7 nitrogen and oxygen atoms in total. The van der Waals surface area contributed by atoms with Crippen molar-refractivity contribution in [2.45, 2.75) is 154 Å². The Morgan fingerprint density at radius 2 is 0.892 bits per heavy atom. The van der Waals surface area contributed by atoms with Gasteiger partial charge in [0.1, 0.15) is 0 Å². The fraction of sp³-hybridized carbons (Fsp3) is 0.857. The van der Waals surface area contributed by atoms with Gasteiger partial charge in [-0.25, -0.2) is 0 Å². The van der Waals surface area contributed by atoms with E-state index in [0.29, 0.717) is 0 Å². The largest absolute Gasteiger partial charge is 2.00 e. The summed E-state index contributed by atoms with van der Waals surface area (Å²) >= 11 is 0. The summed E-state index contributed by atoms with van der Waals surface area (Å²) in [6.45, 7) is 12.2. The number of carbonyl (C=O) groups is 2. The molecule has 0 spiro atoms. The third-order valence-corrected chi connectivity index (χ3v) is 6.79. The first-order valence-electron chi connectivity index (χ1n) is 14.1. The zero-order valence-electron chi connectivity index (χ0n) is 23.9. The summed E-state index contributed by atoms with van der Waals surface area (Å²) in [6, 6.07) is 0. The quantitative estimate of drug-likeness (QED) is 0.0517. The Hall–Kier alpha value is 0.110. The molecule has 0 aliphatic heterocycles. The van der Waals surface area contributed by atoms with Gasteiger partial charge in [-0.15, -0.1) is 0 Å². The predicted molar refractivity (Wildman–Crippen MR) is 155 cm³/mol. The number of carboxylic acids is 2. The van der Waals surface area contributed by atoms with Gasteiger partial charge in [0.05, 0.1) is 6.42 Å². The van der Waals surface area contributed by atoms with Crippen LogP contribution in [0.2, 0.25) is 0 Å². The first-order chi connectivity index (χ1) is 17.1. The number of hydrogen-bond donors (Lipinski definition) is 3. The van der Waals surface area contributed by atoms with Crippen LogP contribution in [0.4, 0.5) is 0 Å². The van der Waals surface area contributed by atoms with Crippen molar-refractivity contribution >= 4 is 59.8 Å². The van der Waals surface area contributed by atoms with Gasteiger partial charge >= 0.3 is 49.7 Å². The zero-order chi connectivity index (χ0) is 28.1. The van der Waals surface area contributed by atoms with E-state index in [1.165, 1.54) is 116 Å². The third kappa shape index (κ3) is 40.7. The van der Waals surface area contributed by atoms with Crippen LogP contribution in [-0.4, -0.2) is 78.1 Å². The Kier molecular flexibility index (Phi) is 40.7. The molecule has 37 heavy (non-hydrogen) atoms. The summed E-state index contributed by atoms with van der Waals surface area (Å²) in [5.74, 6) is -3.50. The van der Waals surface area contributed by atoms with Crippen molar-refractivity contribution in [1.82, 2.24) is 0 Å². The molecule has 0 saturated heterocycles. The summed E-state index contributed by atoms with van der Waals surface area (Å²) in [5.41, 5.74) is 0. The van der Waals surface area contributed by atoms with Gasteiger partial charge in [0.2, 0.25) is 0 Å². The summed E-state index contributed by atoms with van der Waals surface area (Å²) in [4.78, 5) is 20.0. The molecular formula is C28H56CaO7S. The number of hydrogen-bond acceptors (Lipinski definition) is 4. The van der Waals surface area contributed by atoms with E-state index in [-0.39, 0.29) is 37.7 Å². The van der Waals surface area contributed by atoms with Gasteiger partial charge in [-0.1, -0.05) is 129 Å². The van der Waals surface area contributed by atoms with Crippen LogP contribution >= 0.6 is 0 Å². The molecule has 0 aliphatic rings. The van der Waals surface area contributed by atoms with Gasteiger partial charge in [0.25, 0.3) is 10.1 Å². The monoisotopic (exact) mass is 576 g/mol. The Morgan fingerprint density at radius 3 is 1.05 bits per heavy atom. The molecule has 0 rings (SSSR count). The van der Waals surface area contributed by atoms with Crippen LogP contribution in [0.25, 0.3) is 0 Å². The second kappa shape index (κ2) is 34.1. The van der Waals surface area contributed by atoms with Crippen molar-refractivity contribution in [2.75, 3.05) is 0 Å². The molecule has 0 aromatic heterocycles. The Balaban J connectivity index is -0.000000218. The van der Waals surface area contributed by atoms with E-state index < -0.39 is 33.7 Å². The van der Waals surface area contributed by atoms with E-state index in [0.717, 1.165) is 12.8 Å². The number of unbranched alkanes of at least 4 members (excludes halogenated alkanes) is 18. The van der Waals surface area contributed by atoms with Crippen molar-refractivity contribution in [1.29, 1.82) is 0 Å². The zero-order valence-corrected chi connectivity index (χ0v) is 27.0. The van der Waals surface area contributed by atoms with Crippen molar-refractivity contribution in [3.05, 3.63) is 13.8 Å². The normalized spacial score (nSPS) is 11.3. The van der Waals surface area contributed by atoms with Crippen LogP contribution in [0, 0.1) is 13.8 Å². The minimum absolute atomic E-state index is 0. The molecule has 0 radical (unpaired) electrons. The fourth-order valence-corrected chi connectivity index (χ4v) is 4.06. The first-order valence-corrected chi connectivity index (χ1v) is 15.6. The Bertz CT molecular complexity index is 543. The summed E-state index contributed by atoms with van der Waals surface area (Å²) in [5, 5.41) is 13.9. The molecule has 1 unspecified atom stereocenters. The van der Waals surface area contributed by atoms with Gasteiger partial charge in [0, 0.05) is 0 Å². The second-order valence-corrected chi connectivity index (χ2v) is 10.9. The van der Waals surface area contributed by atoms with Crippen molar-refractivity contribution < 1.29 is 32.8 Å². The van der Waals surface area contributed by atoms with E-state index in [9.17, 15) is 18.0 Å². The minimum atomic E-state index is -4.84. The molecule has 0 heterocycles. The molecule has 1 atom stereocenters. The van der Waals surface area contributed by atoms with Gasteiger partial charge in [-0.05, 0) is 0 Å². The summed E-state index contributed by atoms with van der Waals surface area (Å²) in [6.07, 6.45) is 26.6. The average Bonchev–Trinajstić information content (AvgIpc) is 2.81. The van der Waals surface area contributed by atoms with Crippen LogP contribution < -0.4 is 0 Å². The summed E-state index contributed by atoms with van der Waals surface area (Å²) < 4.78 is 28.7. The SMILES string of the molecule is O=C(O)CC(C(=O)O)S(=O)(=O)O.[CH2-]CCCCCCCCCCC.[CH2-]CCCCCCCCCCC.[Ca+2]. The van der Waals surface area contributed by atoms with Crippen LogP contribution in [0.3, 0.4) is 0 Å². The number of rotatable bonds is 22.